The third-order valence-electron chi connectivity index (χ3n) is 4.42. The molecule has 1 aromatic carbocycles. The predicted molar refractivity (Wildman–Crippen MR) is 90.1 cm³/mol. The first-order valence-corrected chi connectivity index (χ1v) is 8.45. The number of carbonyl (C=O) groups excluding carboxylic acids is 1. The SMILES string of the molecule is CC(C)CCC1(C(=O)Nc2ccc(Cl)c(Cl)c2)CCCC1. The molecule has 1 aliphatic rings. The molecule has 1 aliphatic carbocycles. The Bertz CT molecular complexity index is 508. The van der Waals surface area contributed by atoms with E-state index in [-0.39, 0.29) is 11.3 Å². The molecule has 1 amide bonds. The zero-order valence-corrected chi connectivity index (χ0v) is 14.2. The Labute approximate surface area is 137 Å². The van der Waals surface area contributed by atoms with Gasteiger partial charge in [-0.2, -0.15) is 0 Å². The van der Waals surface area contributed by atoms with Gasteiger partial charge in [-0.1, -0.05) is 49.9 Å². The van der Waals surface area contributed by atoms with Crippen LogP contribution in [0.4, 0.5) is 5.69 Å². The van der Waals surface area contributed by atoms with Crippen LogP contribution in [-0.2, 0) is 4.79 Å². The average molecular weight is 328 g/mol. The summed E-state index contributed by atoms with van der Waals surface area (Å²) < 4.78 is 0. The van der Waals surface area contributed by atoms with Crippen molar-refractivity contribution in [3.8, 4) is 0 Å². The zero-order chi connectivity index (χ0) is 15.5. The van der Waals surface area contributed by atoms with Crippen molar-refractivity contribution in [3.05, 3.63) is 28.2 Å². The first kappa shape index (κ1) is 16.6. The van der Waals surface area contributed by atoms with E-state index in [4.69, 9.17) is 23.2 Å². The lowest BCUT2D eigenvalue weighted by atomic mass is 9.79. The molecule has 0 atom stereocenters. The lowest BCUT2D eigenvalue weighted by Gasteiger charge is -2.28. The number of halogens is 2. The number of rotatable bonds is 5. The summed E-state index contributed by atoms with van der Waals surface area (Å²) in [5.41, 5.74) is 0.529. The normalized spacial score (nSPS) is 17.2. The lowest BCUT2D eigenvalue weighted by molar-refractivity contribution is -0.125. The van der Waals surface area contributed by atoms with E-state index in [1.54, 1.807) is 18.2 Å². The Hall–Kier alpha value is -0.730. The molecule has 2 rings (SSSR count). The van der Waals surface area contributed by atoms with E-state index in [1.165, 1.54) is 0 Å². The van der Waals surface area contributed by atoms with Crippen LogP contribution in [0.15, 0.2) is 18.2 Å². The number of carbonyl (C=O) groups is 1. The summed E-state index contributed by atoms with van der Waals surface area (Å²) >= 11 is 11.9. The van der Waals surface area contributed by atoms with Gasteiger partial charge in [-0.15, -0.1) is 0 Å². The van der Waals surface area contributed by atoms with Gasteiger partial charge < -0.3 is 5.32 Å². The average Bonchev–Trinajstić information content (AvgIpc) is 2.91. The van der Waals surface area contributed by atoms with Gasteiger partial charge in [-0.25, -0.2) is 0 Å². The maximum absolute atomic E-state index is 12.8. The molecule has 0 aromatic heterocycles. The molecule has 21 heavy (non-hydrogen) atoms. The highest BCUT2D eigenvalue weighted by Crippen LogP contribution is 2.43. The van der Waals surface area contributed by atoms with Gasteiger partial charge in [0.25, 0.3) is 0 Å². The molecule has 2 nitrogen and oxygen atoms in total. The van der Waals surface area contributed by atoms with Crippen LogP contribution in [0, 0.1) is 11.3 Å². The summed E-state index contributed by atoms with van der Waals surface area (Å²) in [7, 11) is 0. The van der Waals surface area contributed by atoms with Crippen molar-refractivity contribution in [2.45, 2.75) is 52.4 Å². The van der Waals surface area contributed by atoms with Crippen LogP contribution >= 0.6 is 23.2 Å². The van der Waals surface area contributed by atoms with Crippen molar-refractivity contribution < 1.29 is 4.79 Å². The summed E-state index contributed by atoms with van der Waals surface area (Å²) in [6, 6.07) is 5.24. The number of amides is 1. The Morgan fingerprint density at radius 3 is 2.48 bits per heavy atom. The third kappa shape index (κ3) is 4.14. The molecular weight excluding hydrogens is 305 g/mol. The highest BCUT2D eigenvalue weighted by molar-refractivity contribution is 6.42. The Balaban J connectivity index is 2.09. The highest BCUT2D eigenvalue weighted by atomic mass is 35.5. The van der Waals surface area contributed by atoms with Crippen LogP contribution in [-0.4, -0.2) is 5.91 Å². The van der Waals surface area contributed by atoms with Gasteiger partial charge in [0.2, 0.25) is 5.91 Å². The molecule has 1 fully saturated rings. The van der Waals surface area contributed by atoms with E-state index in [1.807, 2.05) is 0 Å². The van der Waals surface area contributed by atoms with Gasteiger partial charge in [0.05, 0.1) is 10.0 Å². The van der Waals surface area contributed by atoms with Crippen molar-refractivity contribution >= 4 is 34.8 Å². The minimum Gasteiger partial charge on any atom is -0.326 e. The largest absolute Gasteiger partial charge is 0.326 e. The zero-order valence-electron chi connectivity index (χ0n) is 12.7. The second kappa shape index (κ2) is 7.02. The molecule has 0 unspecified atom stereocenters. The third-order valence-corrected chi connectivity index (χ3v) is 5.16. The Morgan fingerprint density at radius 1 is 1.24 bits per heavy atom. The van der Waals surface area contributed by atoms with E-state index >= 15 is 0 Å². The summed E-state index contributed by atoms with van der Waals surface area (Å²) in [5, 5.41) is 4.01. The Morgan fingerprint density at radius 2 is 1.90 bits per heavy atom. The predicted octanol–water partition coefficient (Wildman–Crippen LogP) is 5.93. The van der Waals surface area contributed by atoms with Crippen LogP contribution in [0.1, 0.15) is 52.4 Å². The molecule has 0 aliphatic heterocycles. The van der Waals surface area contributed by atoms with Gasteiger partial charge in [-0.3, -0.25) is 4.79 Å². The van der Waals surface area contributed by atoms with Crippen LogP contribution in [0.5, 0.6) is 0 Å². The summed E-state index contributed by atoms with van der Waals surface area (Å²) in [6.45, 7) is 4.42. The number of nitrogens with one attached hydrogen (secondary N) is 1. The molecule has 0 spiro atoms. The van der Waals surface area contributed by atoms with Gasteiger partial charge >= 0.3 is 0 Å². The second-order valence-corrected chi connectivity index (χ2v) is 7.32. The van der Waals surface area contributed by atoms with Crippen molar-refractivity contribution in [2.75, 3.05) is 5.32 Å². The first-order valence-electron chi connectivity index (χ1n) is 7.69. The van der Waals surface area contributed by atoms with E-state index in [2.05, 4.69) is 19.2 Å². The van der Waals surface area contributed by atoms with E-state index in [0.29, 0.717) is 16.0 Å². The summed E-state index contributed by atoms with van der Waals surface area (Å²) in [6.07, 6.45) is 6.34. The second-order valence-electron chi connectivity index (χ2n) is 6.50. The quantitative estimate of drug-likeness (QED) is 0.713. The van der Waals surface area contributed by atoms with Gasteiger partial charge in [0, 0.05) is 11.1 Å². The molecule has 4 heteroatoms. The molecule has 0 radical (unpaired) electrons. The lowest BCUT2D eigenvalue weighted by Crippen LogP contribution is -2.34. The van der Waals surface area contributed by atoms with Crippen LogP contribution in [0.25, 0.3) is 0 Å². The molecular formula is C17H23Cl2NO. The fourth-order valence-electron chi connectivity index (χ4n) is 3.04. The van der Waals surface area contributed by atoms with E-state index in [9.17, 15) is 4.79 Å². The topological polar surface area (TPSA) is 29.1 Å². The molecule has 116 valence electrons. The molecule has 0 saturated heterocycles. The number of anilines is 1. The molecule has 1 N–H and O–H groups in total. The van der Waals surface area contributed by atoms with Crippen LogP contribution in [0.3, 0.4) is 0 Å². The van der Waals surface area contributed by atoms with Crippen molar-refractivity contribution in [1.29, 1.82) is 0 Å². The minimum atomic E-state index is -0.198. The fourth-order valence-corrected chi connectivity index (χ4v) is 3.34. The first-order chi connectivity index (χ1) is 9.93. The van der Waals surface area contributed by atoms with E-state index < -0.39 is 0 Å². The molecule has 1 saturated carbocycles. The smallest absolute Gasteiger partial charge is 0.230 e. The maximum atomic E-state index is 12.8. The van der Waals surface area contributed by atoms with Crippen molar-refractivity contribution in [2.24, 2.45) is 11.3 Å². The number of hydrogen-bond donors (Lipinski definition) is 1. The monoisotopic (exact) mass is 327 g/mol. The molecule has 1 aromatic rings. The number of benzene rings is 1. The van der Waals surface area contributed by atoms with Crippen molar-refractivity contribution in [1.82, 2.24) is 0 Å². The highest BCUT2D eigenvalue weighted by Gasteiger charge is 2.40. The van der Waals surface area contributed by atoms with Crippen LogP contribution in [0.2, 0.25) is 10.0 Å². The summed E-state index contributed by atoms with van der Waals surface area (Å²) in [4.78, 5) is 12.8. The Kier molecular flexibility index (Phi) is 5.56. The van der Waals surface area contributed by atoms with E-state index in [0.717, 1.165) is 44.2 Å². The maximum Gasteiger partial charge on any atom is 0.230 e. The van der Waals surface area contributed by atoms with Gasteiger partial charge in [0.15, 0.2) is 0 Å². The van der Waals surface area contributed by atoms with Crippen LogP contribution < -0.4 is 5.32 Å². The number of hydrogen-bond acceptors (Lipinski definition) is 1. The van der Waals surface area contributed by atoms with Gasteiger partial charge in [-0.05, 0) is 49.8 Å². The van der Waals surface area contributed by atoms with Crippen molar-refractivity contribution in [3.63, 3.8) is 0 Å². The fraction of sp³-hybridized carbons (Fsp3) is 0.588. The summed E-state index contributed by atoms with van der Waals surface area (Å²) in [5.74, 6) is 0.763. The standard InChI is InChI=1S/C17H23Cl2NO/c1-12(2)7-10-17(8-3-4-9-17)16(21)20-13-5-6-14(18)15(19)11-13/h5-6,11-12H,3-4,7-10H2,1-2H3,(H,20,21). The van der Waals surface area contributed by atoms with Gasteiger partial charge in [0.1, 0.15) is 0 Å². The molecule has 0 heterocycles. The molecule has 0 bridgehead atoms. The minimum absolute atomic E-state index is 0.138.